The molecule has 34 rings (SSSR count). The minimum Gasteiger partial charge on any atom is -0.295 e. The van der Waals surface area contributed by atoms with Gasteiger partial charge in [-0.3, -0.25) is 63.3 Å². The number of nitrogens with zero attached hydrogens (tertiary/aromatic N) is 18. The Morgan fingerprint density at radius 1 is 0.115 bits per heavy atom. The van der Waals surface area contributed by atoms with Crippen molar-refractivity contribution in [1.29, 1.82) is 0 Å². The first kappa shape index (κ1) is 81.2. The third-order valence-electron chi connectivity index (χ3n) is 30.3. The lowest BCUT2D eigenvalue weighted by Crippen LogP contribution is -2.03. The fourth-order valence-corrected chi connectivity index (χ4v) is 24.3. The summed E-state index contributed by atoms with van der Waals surface area (Å²) in [5, 5.41) is 11.2. The number of benzene rings is 20. The molecule has 0 bridgehead atoms. The van der Waals surface area contributed by atoms with Crippen LogP contribution in [-0.2, 0) is 0 Å². The molecule has 0 saturated carbocycles. The zero-order valence-corrected chi connectivity index (χ0v) is 79.4. The van der Waals surface area contributed by atoms with E-state index in [2.05, 4.69) is 561 Å². The second-order valence-corrected chi connectivity index (χ2v) is 38.2. The molecule has 692 valence electrons. The molecule has 0 spiro atoms. The molecule has 0 aliphatic carbocycles. The van der Waals surface area contributed by atoms with Crippen LogP contribution in [-0.4, -0.2) is 83.2 Å². The summed E-state index contributed by atoms with van der Waals surface area (Å²) in [6, 6.07) is 177. The second-order valence-electron chi connectivity index (χ2n) is 38.2. The summed E-state index contributed by atoms with van der Waals surface area (Å²) in [5.74, 6) is 3.56. The Morgan fingerprint density at radius 2 is 0.311 bits per heavy atom. The molecule has 0 N–H and O–H groups in total. The van der Waals surface area contributed by atoms with Gasteiger partial charge in [-0.2, -0.15) is 0 Å². The summed E-state index contributed by atoms with van der Waals surface area (Å²) >= 11 is 0. The Labute approximate surface area is 841 Å². The molecular weight excluding hydrogens is 1810 g/mol. The Balaban J connectivity index is 0.000000100. The van der Waals surface area contributed by atoms with Crippen molar-refractivity contribution in [2.24, 2.45) is 0 Å². The number of hydrogen-bond donors (Lipinski definition) is 0. The number of rotatable bonds is 10. The van der Waals surface area contributed by atoms with Crippen LogP contribution < -0.4 is 0 Å². The van der Waals surface area contributed by atoms with Crippen molar-refractivity contribution in [2.45, 2.75) is 0 Å². The molecule has 0 unspecified atom stereocenters. The lowest BCUT2D eigenvalue weighted by Gasteiger charge is -2.14. The predicted molar refractivity (Wildman–Crippen MR) is 605 cm³/mol. The predicted octanol–water partition coefficient (Wildman–Crippen LogP) is 31.2. The van der Waals surface area contributed by atoms with Crippen LogP contribution in [0.1, 0.15) is 0 Å². The molecule has 18 nitrogen and oxygen atoms in total. The maximum atomic E-state index is 5.32. The van der Waals surface area contributed by atoms with Crippen molar-refractivity contribution >= 4 is 210 Å². The molecule has 14 aromatic heterocycles. The van der Waals surface area contributed by atoms with Crippen molar-refractivity contribution in [1.82, 2.24) is 83.2 Å². The van der Waals surface area contributed by atoms with E-state index >= 15 is 0 Å². The molecule has 0 aliphatic heterocycles. The molecule has 148 heavy (non-hydrogen) atoms. The molecule has 18 heteroatoms. The van der Waals surface area contributed by atoms with Gasteiger partial charge in [0.15, 0.2) is 0 Å². The lowest BCUT2D eigenvalue weighted by atomic mass is 10.1. The average Bonchev–Trinajstić information content (AvgIpc) is 1.54. The van der Waals surface area contributed by atoms with E-state index in [1.165, 1.54) is 76.1 Å². The Kier molecular flexibility index (Phi) is 17.3. The molecule has 0 atom stereocenters. The van der Waals surface area contributed by atoms with Crippen LogP contribution in [0.2, 0.25) is 0 Å². The van der Waals surface area contributed by atoms with Crippen LogP contribution in [0, 0.1) is 0 Å². The molecule has 20 aromatic carbocycles. The Hall–Kier alpha value is -20.5. The van der Waals surface area contributed by atoms with E-state index in [4.69, 9.17) is 19.9 Å². The SMILES string of the molecule is c1ccc(-n2c3ccccc3c3c4ccccc4n(-c4ccc5c(c4)n4c6ccccc6nc4n5-c4ccccc4)c32)cc1.c1ccc(-n2c3ccccc3c3c4ccccc4n(-c4ccc5nc6n(-c7ccccc7)c7ccccc7n6c5c4)c32)cc1.c1ccc(-n2c3ccccc3c3c4ccccc4n(-c4cccc(-n5c6ccc(-n7c8ccccc8n8c9ccccc9nc78)cc6n6c7ccccc7nc56)c4)c32)cc1. The van der Waals surface area contributed by atoms with E-state index in [0.717, 1.165) is 191 Å². The summed E-state index contributed by atoms with van der Waals surface area (Å²) in [4.78, 5) is 20.8. The van der Waals surface area contributed by atoms with Crippen molar-refractivity contribution in [3.8, 4) is 56.9 Å². The van der Waals surface area contributed by atoms with Crippen molar-refractivity contribution in [3.05, 3.63) is 497 Å². The second kappa shape index (κ2) is 31.5. The van der Waals surface area contributed by atoms with Gasteiger partial charge < -0.3 is 0 Å². The van der Waals surface area contributed by atoms with Gasteiger partial charge >= 0.3 is 0 Å². The van der Waals surface area contributed by atoms with Gasteiger partial charge in [0.25, 0.3) is 0 Å². The summed E-state index contributed by atoms with van der Waals surface area (Å²) in [6.45, 7) is 0. The smallest absolute Gasteiger partial charge is 0.220 e. The van der Waals surface area contributed by atoms with Crippen LogP contribution in [0.3, 0.4) is 0 Å². The highest BCUT2D eigenvalue weighted by molar-refractivity contribution is 6.25. The van der Waals surface area contributed by atoms with Crippen molar-refractivity contribution < 1.29 is 0 Å². The number of fused-ring (bicyclic) bond motifs is 35. The van der Waals surface area contributed by atoms with Gasteiger partial charge in [0.2, 0.25) is 23.1 Å². The van der Waals surface area contributed by atoms with Crippen LogP contribution >= 0.6 is 0 Å². The van der Waals surface area contributed by atoms with E-state index in [9.17, 15) is 0 Å². The standard InChI is InChI=1S/C52H32N8.2C39H25N5/c1-2-15-33(16-3-1)55-41-23-8-4-19-37(41)49-38-20-5-9-24-42(38)56(50(49)55)34-17-14-18-35(31-34)57-47-30-29-36(32-48(47)60-44-26-11-7-22-40(44)54-52(57)60)58-45-27-12-13-28-46(45)59-43-25-10-6-21-39(43)53-51(58)59;1-3-13-26(14-4-1)41-32-20-10-7-17-29(32)37-30-18-8-11-21-33(30)42(38(37)41)28-23-24-35-36(25-28)44-34-22-12-9-19-31(34)40-39(44)43(35)27-15-5-2-6-16-27;1-3-13-26(14-4-1)41-32-19-9-7-17-29(32)37-30-18-8-10-20-33(30)42(38(37)41)28-23-24-31-36(25-28)44-35-22-12-11-21-34(35)43(39(44)40-31)27-15-5-2-6-16-27/h1-32H;2*1-25H. The van der Waals surface area contributed by atoms with Crippen molar-refractivity contribution in [3.63, 3.8) is 0 Å². The van der Waals surface area contributed by atoms with Crippen molar-refractivity contribution in [2.75, 3.05) is 0 Å². The van der Waals surface area contributed by atoms with Crippen LogP contribution in [0.5, 0.6) is 0 Å². The molecule has 0 radical (unpaired) electrons. The largest absolute Gasteiger partial charge is 0.295 e. The Morgan fingerprint density at radius 3 is 0.635 bits per heavy atom. The summed E-state index contributed by atoms with van der Waals surface area (Å²) in [5.41, 5.74) is 38.5. The zero-order chi connectivity index (χ0) is 96.6. The highest BCUT2D eigenvalue weighted by Crippen LogP contribution is 2.48. The lowest BCUT2D eigenvalue weighted by molar-refractivity contribution is 1.05. The van der Waals surface area contributed by atoms with Gasteiger partial charge in [-0.25, -0.2) is 19.9 Å². The molecule has 0 amide bonds. The summed E-state index contributed by atoms with van der Waals surface area (Å²) in [7, 11) is 0. The topological polar surface area (TPSA) is 119 Å². The zero-order valence-electron chi connectivity index (χ0n) is 79.4. The van der Waals surface area contributed by atoms with Crippen LogP contribution in [0.4, 0.5) is 0 Å². The first-order chi connectivity index (χ1) is 73.5. The minimum absolute atomic E-state index is 0.857. The van der Waals surface area contributed by atoms with Gasteiger partial charge in [0.05, 0.1) is 133 Å². The highest BCUT2D eigenvalue weighted by Gasteiger charge is 2.31. The van der Waals surface area contributed by atoms with E-state index in [-0.39, 0.29) is 0 Å². The number of para-hydroxylation sites is 21. The van der Waals surface area contributed by atoms with E-state index in [1.54, 1.807) is 0 Å². The van der Waals surface area contributed by atoms with E-state index < -0.39 is 0 Å². The molecule has 34 aromatic rings. The Bertz CT molecular complexity index is 11500. The monoisotopic (exact) mass is 1890 g/mol. The highest BCUT2D eigenvalue weighted by atomic mass is 15.3. The molecule has 0 aliphatic rings. The first-order valence-electron chi connectivity index (χ1n) is 50.1. The molecule has 0 saturated heterocycles. The van der Waals surface area contributed by atoms with Gasteiger partial charge in [0, 0.05) is 94.0 Å². The molecule has 14 heterocycles. The first-order valence-corrected chi connectivity index (χ1v) is 50.1. The maximum Gasteiger partial charge on any atom is 0.220 e. The van der Waals surface area contributed by atoms with Gasteiger partial charge in [0.1, 0.15) is 16.9 Å². The number of aromatic nitrogens is 18. The van der Waals surface area contributed by atoms with Gasteiger partial charge in [-0.15, -0.1) is 0 Å². The maximum absolute atomic E-state index is 5.32. The summed E-state index contributed by atoms with van der Waals surface area (Å²) in [6.07, 6.45) is 0. The van der Waals surface area contributed by atoms with Gasteiger partial charge in [-0.05, 0) is 231 Å². The fourth-order valence-electron chi connectivity index (χ4n) is 24.3. The van der Waals surface area contributed by atoms with Crippen LogP contribution in [0.15, 0.2) is 497 Å². The van der Waals surface area contributed by atoms with Crippen LogP contribution in [0.25, 0.3) is 267 Å². The summed E-state index contributed by atoms with van der Waals surface area (Å²) < 4.78 is 32.8. The number of imidazole rings is 8. The normalized spacial score (nSPS) is 12.2. The number of hydrogen-bond acceptors (Lipinski definition) is 4. The minimum atomic E-state index is 0.857. The third-order valence-corrected chi connectivity index (χ3v) is 30.3. The average molecular weight is 1900 g/mol. The van der Waals surface area contributed by atoms with E-state index in [0.29, 0.717) is 0 Å². The van der Waals surface area contributed by atoms with Gasteiger partial charge in [-0.1, -0.05) is 267 Å². The van der Waals surface area contributed by atoms with E-state index in [1.807, 2.05) is 0 Å². The fraction of sp³-hybridized carbons (Fsp3) is 0. The molecular formula is C130H82N18. The third kappa shape index (κ3) is 11.6. The molecule has 0 fully saturated rings. The quantitative estimate of drug-likeness (QED) is 0.135.